The molecule has 0 spiro atoms. The third-order valence-electron chi connectivity index (χ3n) is 4.19. The summed E-state index contributed by atoms with van der Waals surface area (Å²) in [5.74, 6) is -0.179. The molecule has 0 atom stereocenters. The van der Waals surface area contributed by atoms with Gasteiger partial charge in [0.05, 0.1) is 12.0 Å². The van der Waals surface area contributed by atoms with E-state index in [0.717, 1.165) is 21.0 Å². The van der Waals surface area contributed by atoms with E-state index < -0.39 is 5.97 Å². The summed E-state index contributed by atoms with van der Waals surface area (Å²) in [5.41, 5.74) is 2.35. The maximum atomic E-state index is 11.7. The van der Waals surface area contributed by atoms with Gasteiger partial charge < -0.3 is 14.6 Å². The van der Waals surface area contributed by atoms with Crippen LogP contribution in [0.4, 0.5) is 0 Å². The van der Waals surface area contributed by atoms with Gasteiger partial charge in [-0.15, -0.1) is 11.3 Å². The van der Waals surface area contributed by atoms with Crippen LogP contribution in [0.5, 0.6) is 5.88 Å². The highest BCUT2D eigenvalue weighted by atomic mass is 32.1. The van der Waals surface area contributed by atoms with Crippen molar-refractivity contribution in [1.29, 1.82) is 0 Å². The molecule has 6 nitrogen and oxygen atoms in total. The lowest BCUT2D eigenvalue weighted by molar-refractivity contribution is -0.130. The number of pyridine rings is 1. The lowest BCUT2D eigenvalue weighted by Gasteiger charge is -2.13. The number of hydrogen-bond donors (Lipinski definition) is 1. The summed E-state index contributed by atoms with van der Waals surface area (Å²) in [6, 6.07) is 11.0. The highest BCUT2D eigenvalue weighted by Crippen LogP contribution is 2.32. The predicted molar refractivity (Wildman–Crippen MR) is 108 cm³/mol. The topological polar surface area (TPSA) is 81.5 Å². The van der Waals surface area contributed by atoms with E-state index in [1.165, 1.54) is 18.4 Å². The van der Waals surface area contributed by atoms with E-state index >= 15 is 0 Å². The molecule has 0 aliphatic rings. The number of aliphatic carboxylic acids is 1. The molecule has 0 radical (unpaired) electrons. The molecule has 0 bridgehead atoms. The van der Waals surface area contributed by atoms with Gasteiger partial charge in [-0.2, -0.15) is 0 Å². The molecule has 144 valence electrons. The van der Waals surface area contributed by atoms with Crippen molar-refractivity contribution in [1.82, 2.24) is 9.97 Å². The zero-order valence-electron chi connectivity index (χ0n) is 15.8. The summed E-state index contributed by atoms with van der Waals surface area (Å²) in [7, 11) is 1.45. The molecule has 3 rings (SSSR count). The number of aryl methyl sites for hydroxylation is 1. The van der Waals surface area contributed by atoms with E-state index in [2.05, 4.69) is 9.97 Å². The second-order valence-corrected chi connectivity index (χ2v) is 7.21. The Labute approximate surface area is 167 Å². The molecule has 1 aromatic carbocycles. The Hall–Kier alpha value is -3.19. The van der Waals surface area contributed by atoms with Crippen LogP contribution < -0.4 is 4.74 Å². The molecular formula is C21H20N2O4S. The van der Waals surface area contributed by atoms with Crippen molar-refractivity contribution in [2.45, 2.75) is 20.5 Å². The second-order valence-electron chi connectivity index (χ2n) is 6.01. The van der Waals surface area contributed by atoms with Crippen LogP contribution in [0.3, 0.4) is 0 Å². The summed E-state index contributed by atoms with van der Waals surface area (Å²) in [4.78, 5) is 21.4. The van der Waals surface area contributed by atoms with Gasteiger partial charge in [-0.3, -0.25) is 4.98 Å². The van der Waals surface area contributed by atoms with Crippen molar-refractivity contribution in [3.05, 3.63) is 70.6 Å². The van der Waals surface area contributed by atoms with E-state index in [4.69, 9.17) is 9.47 Å². The number of benzene rings is 1. The van der Waals surface area contributed by atoms with Gasteiger partial charge in [0.15, 0.2) is 0 Å². The molecule has 7 heteroatoms. The van der Waals surface area contributed by atoms with E-state index in [-0.39, 0.29) is 12.2 Å². The molecule has 0 unspecified atom stereocenters. The number of thiazole rings is 1. The zero-order valence-corrected chi connectivity index (χ0v) is 16.6. The smallest absolute Gasteiger partial charge is 0.339 e. The van der Waals surface area contributed by atoms with Crippen molar-refractivity contribution in [3.8, 4) is 16.5 Å². The number of aromatic nitrogens is 2. The summed E-state index contributed by atoms with van der Waals surface area (Å²) >= 11 is 1.53. The van der Waals surface area contributed by atoms with Crippen LogP contribution in [0.2, 0.25) is 0 Å². The average molecular weight is 396 g/mol. The monoisotopic (exact) mass is 396 g/mol. The maximum Gasteiger partial charge on any atom is 0.339 e. The molecule has 0 aliphatic carbocycles. The maximum absolute atomic E-state index is 11.7. The first-order valence-corrected chi connectivity index (χ1v) is 9.40. The fourth-order valence-electron chi connectivity index (χ4n) is 2.72. The third kappa shape index (κ3) is 4.20. The average Bonchev–Trinajstić information content (AvgIpc) is 3.08. The summed E-state index contributed by atoms with van der Waals surface area (Å²) in [6.07, 6.45) is 3.47. The van der Waals surface area contributed by atoms with Gasteiger partial charge >= 0.3 is 5.97 Å². The Balaban J connectivity index is 1.87. The summed E-state index contributed by atoms with van der Waals surface area (Å²) < 4.78 is 11.1. The van der Waals surface area contributed by atoms with Crippen LogP contribution in [0.25, 0.3) is 16.1 Å². The molecule has 0 fully saturated rings. The van der Waals surface area contributed by atoms with E-state index in [0.29, 0.717) is 17.2 Å². The first-order valence-electron chi connectivity index (χ1n) is 8.58. The third-order valence-corrected chi connectivity index (χ3v) is 5.19. The van der Waals surface area contributed by atoms with Gasteiger partial charge in [-0.1, -0.05) is 24.3 Å². The number of carboxylic acid groups (broad SMARTS) is 1. The Morgan fingerprint density at radius 1 is 1.21 bits per heavy atom. The lowest BCUT2D eigenvalue weighted by Crippen LogP contribution is -2.08. The van der Waals surface area contributed by atoms with Gasteiger partial charge in [0.2, 0.25) is 5.88 Å². The molecule has 1 N–H and O–H groups in total. The molecule has 2 heterocycles. The van der Waals surface area contributed by atoms with Crippen molar-refractivity contribution >= 4 is 22.9 Å². The normalized spacial score (nSPS) is 11.7. The first-order chi connectivity index (χ1) is 13.5. The van der Waals surface area contributed by atoms with Gasteiger partial charge in [-0.05, 0) is 37.1 Å². The number of rotatable bonds is 7. The minimum Gasteiger partial charge on any atom is -0.500 e. The van der Waals surface area contributed by atoms with Gasteiger partial charge in [0, 0.05) is 18.0 Å². The van der Waals surface area contributed by atoms with Gasteiger partial charge in [-0.25, -0.2) is 9.78 Å². The Morgan fingerprint density at radius 3 is 2.68 bits per heavy atom. The molecule has 3 aromatic rings. The number of carbonyl (C=O) groups is 1. The fourth-order valence-corrected chi connectivity index (χ4v) is 3.57. The van der Waals surface area contributed by atoms with Gasteiger partial charge in [0.1, 0.15) is 22.9 Å². The molecule has 0 amide bonds. The molecule has 2 aromatic heterocycles. The second kappa shape index (κ2) is 8.67. The molecular weight excluding hydrogens is 376 g/mol. The van der Waals surface area contributed by atoms with E-state index in [9.17, 15) is 9.90 Å². The predicted octanol–water partition coefficient (Wildman–Crippen LogP) is 4.55. The first kappa shape index (κ1) is 19.6. The highest BCUT2D eigenvalue weighted by Gasteiger charge is 2.19. The summed E-state index contributed by atoms with van der Waals surface area (Å²) in [6.45, 7) is 3.77. The summed E-state index contributed by atoms with van der Waals surface area (Å²) in [5, 5.41) is 10.4. The molecule has 0 aliphatic heterocycles. The number of methoxy groups -OCH3 is 1. The fraction of sp³-hybridized carbons (Fsp3) is 0.190. The zero-order chi connectivity index (χ0) is 20.1. The van der Waals surface area contributed by atoms with Crippen LogP contribution in [-0.4, -0.2) is 28.2 Å². The van der Waals surface area contributed by atoms with Crippen LogP contribution >= 0.6 is 11.3 Å². The van der Waals surface area contributed by atoms with E-state index in [1.54, 1.807) is 31.5 Å². The van der Waals surface area contributed by atoms with Crippen molar-refractivity contribution in [2.75, 3.05) is 7.11 Å². The highest BCUT2D eigenvalue weighted by molar-refractivity contribution is 7.15. The number of carboxylic acids is 1. The van der Waals surface area contributed by atoms with Crippen LogP contribution in [0.15, 0.2) is 54.6 Å². The largest absolute Gasteiger partial charge is 0.500 e. The lowest BCUT2D eigenvalue weighted by atomic mass is 9.99. The van der Waals surface area contributed by atoms with Gasteiger partial charge in [0.25, 0.3) is 0 Å². The van der Waals surface area contributed by atoms with E-state index in [1.807, 2.05) is 31.2 Å². The van der Waals surface area contributed by atoms with Crippen LogP contribution in [-0.2, 0) is 16.1 Å². The molecule has 0 saturated carbocycles. The van der Waals surface area contributed by atoms with Crippen LogP contribution in [0, 0.1) is 6.92 Å². The number of hydrogen-bond acceptors (Lipinski definition) is 6. The van der Waals surface area contributed by atoms with Crippen molar-refractivity contribution in [3.63, 3.8) is 0 Å². The molecule has 0 saturated heterocycles. The SMILES string of the molecule is COC(C)=C(C(=O)O)c1ccccc1COc1nc(-c2cccnc2)sc1C. The Bertz CT molecular complexity index is 1010. The number of nitrogens with zero attached hydrogens (tertiary/aromatic N) is 2. The van der Waals surface area contributed by atoms with Crippen LogP contribution in [0.1, 0.15) is 22.9 Å². The van der Waals surface area contributed by atoms with Crippen molar-refractivity contribution in [2.24, 2.45) is 0 Å². The number of allylic oxidation sites excluding steroid dienone is 1. The van der Waals surface area contributed by atoms with Crippen molar-refractivity contribution < 1.29 is 19.4 Å². The Morgan fingerprint density at radius 2 is 2.00 bits per heavy atom. The quantitative estimate of drug-likeness (QED) is 0.466. The minimum atomic E-state index is -1.05. The Kier molecular flexibility index (Phi) is 6.06. The molecule has 28 heavy (non-hydrogen) atoms. The number of ether oxygens (including phenoxy) is 2. The minimum absolute atomic E-state index is 0.118. The standard InChI is InChI=1S/C21H20N2O4S/c1-13(26-3)18(21(24)25)17-9-5-4-7-16(17)12-27-19-14(2)28-20(23-19)15-8-6-10-22-11-15/h4-11H,12H2,1-3H3,(H,24,25).